The first-order valence-corrected chi connectivity index (χ1v) is 10.9. The lowest BCUT2D eigenvalue weighted by atomic mass is 10.1. The lowest BCUT2D eigenvalue weighted by Gasteiger charge is -2.10. The van der Waals surface area contributed by atoms with Crippen LogP contribution in [0, 0.1) is 0 Å². The van der Waals surface area contributed by atoms with Crippen molar-refractivity contribution in [1.82, 2.24) is 25.6 Å². The van der Waals surface area contributed by atoms with Crippen molar-refractivity contribution in [3.05, 3.63) is 89.1 Å². The van der Waals surface area contributed by atoms with E-state index in [0.717, 1.165) is 19.3 Å². The summed E-state index contributed by atoms with van der Waals surface area (Å²) in [5.41, 5.74) is 1.57. The van der Waals surface area contributed by atoms with Gasteiger partial charge in [-0.15, -0.1) is 16.8 Å². The minimum atomic E-state index is -0.313. The summed E-state index contributed by atoms with van der Waals surface area (Å²) in [5, 5.41) is 17.0. The van der Waals surface area contributed by atoms with E-state index in [4.69, 9.17) is 4.74 Å². The zero-order valence-corrected chi connectivity index (χ0v) is 18.5. The number of benzene rings is 2. The van der Waals surface area contributed by atoms with Crippen molar-refractivity contribution in [2.75, 3.05) is 11.9 Å². The monoisotopic (exact) mass is 456 g/mol. The van der Waals surface area contributed by atoms with E-state index in [1.165, 1.54) is 6.07 Å². The number of anilines is 1. The van der Waals surface area contributed by atoms with Gasteiger partial charge in [-0.2, -0.15) is 5.21 Å². The molecule has 0 saturated heterocycles. The van der Waals surface area contributed by atoms with Gasteiger partial charge in [0, 0.05) is 17.0 Å². The van der Waals surface area contributed by atoms with E-state index in [9.17, 15) is 9.59 Å². The number of nitrogens with one attached hydrogen (secondary N) is 3. The average molecular weight is 457 g/mol. The number of fused-ring (bicyclic) bond motifs is 1. The summed E-state index contributed by atoms with van der Waals surface area (Å²) < 4.78 is 5.69. The number of amides is 1. The molecule has 0 spiro atoms. The van der Waals surface area contributed by atoms with Crippen molar-refractivity contribution in [3.8, 4) is 17.3 Å². The van der Waals surface area contributed by atoms with Gasteiger partial charge in [0.15, 0.2) is 5.43 Å². The molecule has 1 amide bonds. The third-order valence-corrected chi connectivity index (χ3v) is 5.11. The van der Waals surface area contributed by atoms with Crippen molar-refractivity contribution >= 4 is 22.5 Å². The molecule has 0 unspecified atom stereocenters. The molecule has 4 rings (SSSR count). The lowest BCUT2D eigenvalue weighted by Crippen LogP contribution is -2.13. The topological polar surface area (TPSA) is 126 Å². The van der Waals surface area contributed by atoms with Crippen LogP contribution in [0.2, 0.25) is 0 Å². The number of H-pyrrole nitrogens is 2. The number of aromatic nitrogens is 5. The zero-order valence-electron chi connectivity index (χ0n) is 18.5. The van der Waals surface area contributed by atoms with E-state index in [1.807, 2.05) is 12.2 Å². The largest absolute Gasteiger partial charge is 0.490 e. The molecule has 2 heterocycles. The lowest BCUT2D eigenvalue weighted by molar-refractivity contribution is 0.102. The first kappa shape index (κ1) is 22.7. The number of unbranched alkanes of at least 4 members (excludes halogenated alkanes) is 2. The van der Waals surface area contributed by atoms with Crippen molar-refractivity contribution in [2.24, 2.45) is 0 Å². The Morgan fingerprint density at radius 1 is 1.12 bits per heavy atom. The van der Waals surface area contributed by atoms with Crippen LogP contribution >= 0.6 is 0 Å². The van der Waals surface area contributed by atoms with Gasteiger partial charge in [-0.1, -0.05) is 24.3 Å². The molecular weight excluding hydrogens is 432 g/mol. The van der Waals surface area contributed by atoms with Crippen LogP contribution in [0.1, 0.15) is 29.6 Å². The number of carbonyl (C=O) groups excluding carboxylic acids is 1. The molecule has 9 heteroatoms. The molecule has 0 atom stereocenters. The van der Waals surface area contributed by atoms with Gasteiger partial charge < -0.3 is 15.0 Å². The third-order valence-electron chi connectivity index (χ3n) is 5.11. The number of tetrazole rings is 1. The second-order valence-electron chi connectivity index (χ2n) is 7.49. The van der Waals surface area contributed by atoms with Crippen LogP contribution in [0.3, 0.4) is 0 Å². The summed E-state index contributed by atoms with van der Waals surface area (Å²) in [5.74, 6) is 0.612. The maximum absolute atomic E-state index is 12.9. The molecular formula is C25H24N6O3. The quantitative estimate of drug-likeness (QED) is 0.242. The Kier molecular flexibility index (Phi) is 7.24. The number of para-hydroxylation sites is 1. The highest BCUT2D eigenvalue weighted by molar-refractivity contribution is 6.08. The predicted molar refractivity (Wildman–Crippen MR) is 131 cm³/mol. The molecule has 2 aromatic carbocycles. The van der Waals surface area contributed by atoms with E-state index in [1.54, 1.807) is 42.5 Å². The van der Waals surface area contributed by atoms with Gasteiger partial charge in [0.25, 0.3) is 5.91 Å². The summed E-state index contributed by atoms with van der Waals surface area (Å²) in [6, 6.07) is 13.4. The van der Waals surface area contributed by atoms with Crippen molar-refractivity contribution in [1.29, 1.82) is 0 Å². The van der Waals surface area contributed by atoms with E-state index < -0.39 is 0 Å². The van der Waals surface area contributed by atoms with E-state index in [0.29, 0.717) is 40.2 Å². The molecule has 0 saturated carbocycles. The molecule has 0 bridgehead atoms. The fourth-order valence-electron chi connectivity index (χ4n) is 3.38. The number of rotatable bonds is 10. The summed E-state index contributed by atoms with van der Waals surface area (Å²) in [7, 11) is 0. The molecule has 0 radical (unpaired) electrons. The number of carbonyl (C=O) groups is 1. The van der Waals surface area contributed by atoms with Gasteiger partial charge in [-0.3, -0.25) is 9.59 Å². The Bertz CT molecular complexity index is 1360. The van der Waals surface area contributed by atoms with Crippen LogP contribution in [0.4, 0.5) is 5.69 Å². The minimum Gasteiger partial charge on any atom is -0.490 e. The fourth-order valence-corrected chi connectivity index (χ4v) is 3.38. The number of nitrogens with zero attached hydrogens (tertiary/aromatic N) is 3. The fraction of sp³-hybridized carbons (Fsp3) is 0.160. The van der Waals surface area contributed by atoms with Gasteiger partial charge in [0.1, 0.15) is 12.4 Å². The molecule has 2 aromatic heterocycles. The Balaban J connectivity index is 1.45. The van der Waals surface area contributed by atoms with Crippen LogP contribution in [-0.2, 0) is 0 Å². The molecule has 0 aliphatic carbocycles. The number of aromatic amines is 2. The van der Waals surface area contributed by atoms with Gasteiger partial charge in [-0.05, 0) is 60.9 Å². The van der Waals surface area contributed by atoms with E-state index in [-0.39, 0.29) is 17.2 Å². The number of hydrogen-bond acceptors (Lipinski definition) is 6. The summed E-state index contributed by atoms with van der Waals surface area (Å²) in [6.07, 6.45) is 9.05. The maximum Gasteiger partial charge on any atom is 0.255 e. The van der Waals surface area contributed by atoms with Crippen LogP contribution < -0.4 is 15.5 Å². The minimum absolute atomic E-state index is 0.221. The summed E-state index contributed by atoms with van der Waals surface area (Å²) in [4.78, 5) is 28.5. The molecule has 9 nitrogen and oxygen atoms in total. The first-order valence-electron chi connectivity index (χ1n) is 10.9. The predicted octanol–water partition coefficient (Wildman–Crippen LogP) is 4.25. The maximum atomic E-state index is 12.9. The summed E-state index contributed by atoms with van der Waals surface area (Å²) >= 11 is 0. The molecule has 172 valence electrons. The van der Waals surface area contributed by atoms with Gasteiger partial charge in [0.2, 0.25) is 5.82 Å². The smallest absolute Gasteiger partial charge is 0.255 e. The first-order chi connectivity index (χ1) is 16.7. The Morgan fingerprint density at radius 3 is 2.74 bits per heavy atom. The Hall–Kier alpha value is -4.53. The average Bonchev–Trinajstić information content (AvgIpc) is 3.39. The zero-order chi connectivity index (χ0) is 23.8. The molecule has 4 aromatic rings. The van der Waals surface area contributed by atoms with E-state index >= 15 is 0 Å². The number of ether oxygens (including phenoxy) is 1. The van der Waals surface area contributed by atoms with Gasteiger partial charge in [0.05, 0.1) is 16.9 Å². The highest BCUT2D eigenvalue weighted by atomic mass is 16.5. The highest BCUT2D eigenvalue weighted by Gasteiger charge is 2.13. The molecule has 3 N–H and O–H groups in total. The second-order valence-corrected chi connectivity index (χ2v) is 7.49. The Labute approximate surface area is 195 Å². The van der Waals surface area contributed by atoms with E-state index in [2.05, 4.69) is 43.6 Å². The van der Waals surface area contributed by atoms with Crippen molar-refractivity contribution < 1.29 is 9.53 Å². The number of pyridine rings is 1. The number of hydrogen-bond donors (Lipinski definition) is 3. The van der Waals surface area contributed by atoms with Crippen molar-refractivity contribution in [2.45, 2.75) is 19.3 Å². The van der Waals surface area contributed by atoms with Gasteiger partial charge in [-0.25, -0.2) is 0 Å². The van der Waals surface area contributed by atoms with Crippen LogP contribution in [0.25, 0.3) is 22.4 Å². The van der Waals surface area contributed by atoms with Crippen LogP contribution in [0.15, 0.2) is 78.1 Å². The second kappa shape index (κ2) is 10.9. The van der Waals surface area contributed by atoms with Crippen molar-refractivity contribution in [3.63, 3.8) is 0 Å². The highest BCUT2D eigenvalue weighted by Crippen LogP contribution is 2.23. The van der Waals surface area contributed by atoms with Crippen LogP contribution in [-0.4, -0.2) is 38.1 Å². The molecule has 0 aliphatic rings. The summed E-state index contributed by atoms with van der Waals surface area (Å²) in [6.45, 7) is 4.17. The molecule has 0 aliphatic heterocycles. The third kappa shape index (κ3) is 5.44. The molecule has 0 fully saturated rings. The standard InChI is InChI=1S/C25H24N6O3/c1-2-3-4-5-6-7-15-34-18-13-11-17(12-14-18)25(33)27-20-10-8-9-19-22(32)16-21(26-23(19)20)24-28-30-31-29-24/h2,6-14,16H,1,3-5,15H2,(H,26,32)(H,27,33)(H,28,29,30,31). The Morgan fingerprint density at radius 2 is 1.97 bits per heavy atom. The normalized spacial score (nSPS) is 11.1. The van der Waals surface area contributed by atoms with Gasteiger partial charge >= 0.3 is 0 Å². The number of allylic oxidation sites excluding steroid dienone is 2. The molecule has 34 heavy (non-hydrogen) atoms. The van der Waals surface area contributed by atoms with Crippen LogP contribution in [0.5, 0.6) is 5.75 Å². The SMILES string of the molecule is C=CCCCC=CCOc1ccc(C(=O)Nc2cccc3c(=O)cc(-c4nn[nH]n4)[nH]c23)cc1.